The molecule has 0 N–H and O–H groups in total. The zero-order valence-electron chi connectivity index (χ0n) is 10.0. The van der Waals surface area contributed by atoms with Crippen LogP contribution in [0.3, 0.4) is 0 Å². The van der Waals surface area contributed by atoms with E-state index in [0.717, 1.165) is 38.5 Å². The Morgan fingerprint density at radius 3 is 2.56 bits per heavy atom. The van der Waals surface area contributed by atoms with Gasteiger partial charge in [0, 0.05) is 32.2 Å². The second-order valence-electron chi connectivity index (χ2n) is 4.77. The minimum Gasteiger partial charge on any atom is -0.353 e. The van der Waals surface area contributed by atoms with Gasteiger partial charge >= 0.3 is 0 Å². The lowest BCUT2D eigenvalue weighted by atomic mass is 10.2. The molecule has 2 fully saturated rings. The van der Waals surface area contributed by atoms with E-state index in [1.54, 1.807) is 0 Å². The van der Waals surface area contributed by atoms with Gasteiger partial charge in [-0.2, -0.15) is 0 Å². The molecule has 3 rings (SSSR count). The summed E-state index contributed by atoms with van der Waals surface area (Å²) in [7, 11) is 0. The van der Waals surface area contributed by atoms with Crippen molar-refractivity contribution in [2.75, 3.05) is 31.1 Å². The minimum atomic E-state index is 0.236. The van der Waals surface area contributed by atoms with Crippen LogP contribution in [0.1, 0.15) is 23.2 Å². The van der Waals surface area contributed by atoms with Crippen molar-refractivity contribution in [1.82, 2.24) is 14.9 Å². The number of rotatable bonds is 3. The van der Waals surface area contributed by atoms with Crippen LogP contribution in [0.15, 0.2) is 6.33 Å². The second-order valence-corrected chi connectivity index (χ2v) is 5.13. The summed E-state index contributed by atoms with van der Waals surface area (Å²) in [5, 5.41) is 0.236. The Balaban J connectivity index is 1.75. The summed E-state index contributed by atoms with van der Waals surface area (Å²) in [6, 6.07) is 0.798. The van der Waals surface area contributed by atoms with E-state index < -0.39 is 0 Å². The second kappa shape index (κ2) is 4.82. The topological polar surface area (TPSA) is 49.3 Å². The summed E-state index contributed by atoms with van der Waals surface area (Å²) < 4.78 is 0. The molecule has 2 heterocycles. The molecule has 0 bridgehead atoms. The van der Waals surface area contributed by atoms with Crippen LogP contribution < -0.4 is 4.90 Å². The van der Waals surface area contributed by atoms with Crippen molar-refractivity contribution < 1.29 is 4.79 Å². The Morgan fingerprint density at radius 2 is 1.94 bits per heavy atom. The van der Waals surface area contributed by atoms with Gasteiger partial charge < -0.3 is 4.90 Å². The number of nitrogens with zero attached hydrogens (tertiary/aromatic N) is 4. The van der Waals surface area contributed by atoms with E-state index in [9.17, 15) is 4.79 Å². The molecule has 1 saturated carbocycles. The standard InChI is InChI=1S/C12H15ClN4O/c13-11-10(7-18)12(15-8-14-11)17-5-3-16(4-6-17)9-1-2-9/h7-9H,1-6H2. The molecule has 0 atom stereocenters. The van der Waals surface area contributed by atoms with Crippen LogP contribution >= 0.6 is 11.6 Å². The average Bonchev–Trinajstić information content (AvgIpc) is 3.23. The van der Waals surface area contributed by atoms with Gasteiger partial charge in [-0.1, -0.05) is 11.6 Å². The van der Waals surface area contributed by atoms with Gasteiger partial charge in [0.15, 0.2) is 6.29 Å². The van der Waals surface area contributed by atoms with E-state index in [1.807, 2.05) is 0 Å². The number of carbonyl (C=O) groups is 1. The van der Waals surface area contributed by atoms with Gasteiger partial charge in [-0.3, -0.25) is 9.69 Å². The third kappa shape index (κ3) is 2.20. The van der Waals surface area contributed by atoms with Crippen LogP contribution in [0.2, 0.25) is 5.15 Å². The number of hydrogen-bond acceptors (Lipinski definition) is 5. The first-order valence-corrected chi connectivity index (χ1v) is 6.62. The maximum atomic E-state index is 11.1. The molecule has 0 unspecified atom stereocenters. The van der Waals surface area contributed by atoms with Crippen LogP contribution in [-0.2, 0) is 0 Å². The molecule has 1 saturated heterocycles. The Labute approximate surface area is 111 Å². The highest BCUT2D eigenvalue weighted by molar-refractivity contribution is 6.32. The largest absolute Gasteiger partial charge is 0.353 e. The lowest BCUT2D eigenvalue weighted by molar-refractivity contribution is 0.112. The van der Waals surface area contributed by atoms with Gasteiger partial charge in [0.2, 0.25) is 0 Å². The van der Waals surface area contributed by atoms with Crippen LogP contribution in [0, 0.1) is 0 Å². The summed E-state index contributed by atoms with van der Waals surface area (Å²) in [5.74, 6) is 0.667. The normalized spacial score (nSPS) is 21.1. The fourth-order valence-corrected chi connectivity index (χ4v) is 2.63. The van der Waals surface area contributed by atoms with Crippen LogP contribution in [0.4, 0.5) is 5.82 Å². The molecular weight excluding hydrogens is 252 g/mol. The van der Waals surface area contributed by atoms with E-state index in [-0.39, 0.29) is 5.15 Å². The Hall–Kier alpha value is -1.20. The molecule has 0 spiro atoms. The maximum absolute atomic E-state index is 11.1. The van der Waals surface area contributed by atoms with Gasteiger partial charge in [-0.15, -0.1) is 0 Å². The molecule has 1 aromatic heterocycles. The molecule has 1 aromatic rings. The predicted octanol–water partition coefficient (Wildman–Crippen LogP) is 1.23. The van der Waals surface area contributed by atoms with Crippen molar-refractivity contribution >= 4 is 23.7 Å². The van der Waals surface area contributed by atoms with Gasteiger partial charge in [0.1, 0.15) is 17.3 Å². The Bertz CT molecular complexity index is 455. The number of anilines is 1. The third-order valence-electron chi connectivity index (χ3n) is 3.61. The van der Waals surface area contributed by atoms with E-state index in [2.05, 4.69) is 19.8 Å². The molecular formula is C12H15ClN4O. The predicted molar refractivity (Wildman–Crippen MR) is 69.2 cm³/mol. The molecule has 0 amide bonds. The maximum Gasteiger partial charge on any atom is 0.156 e. The van der Waals surface area contributed by atoms with Gasteiger partial charge in [0.05, 0.1) is 5.56 Å². The van der Waals surface area contributed by atoms with E-state index >= 15 is 0 Å². The Morgan fingerprint density at radius 1 is 1.22 bits per heavy atom. The number of halogens is 1. The highest BCUT2D eigenvalue weighted by Crippen LogP contribution is 2.29. The number of piperazine rings is 1. The fraction of sp³-hybridized carbons (Fsp3) is 0.583. The van der Waals surface area contributed by atoms with Crippen molar-refractivity contribution in [3.05, 3.63) is 17.0 Å². The monoisotopic (exact) mass is 266 g/mol. The number of aromatic nitrogens is 2. The minimum absolute atomic E-state index is 0.236. The molecule has 1 aliphatic heterocycles. The van der Waals surface area contributed by atoms with Crippen molar-refractivity contribution in [3.8, 4) is 0 Å². The molecule has 18 heavy (non-hydrogen) atoms. The van der Waals surface area contributed by atoms with Crippen molar-refractivity contribution in [3.63, 3.8) is 0 Å². The fourth-order valence-electron chi connectivity index (χ4n) is 2.46. The first-order chi connectivity index (χ1) is 8.79. The molecule has 0 aromatic carbocycles. The highest BCUT2D eigenvalue weighted by atomic mass is 35.5. The smallest absolute Gasteiger partial charge is 0.156 e. The number of hydrogen-bond donors (Lipinski definition) is 0. The van der Waals surface area contributed by atoms with Crippen LogP contribution in [0.5, 0.6) is 0 Å². The molecule has 6 heteroatoms. The summed E-state index contributed by atoms with van der Waals surface area (Å²) in [4.78, 5) is 23.8. The third-order valence-corrected chi connectivity index (χ3v) is 3.91. The molecule has 1 aliphatic carbocycles. The number of aldehydes is 1. The number of carbonyl (C=O) groups excluding carboxylic acids is 1. The van der Waals surface area contributed by atoms with Gasteiger partial charge in [-0.25, -0.2) is 9.97 Å². The van der Waals surface area contributed by atoms with Crippen molar-refractivity contribution in [2.24, 2.45) is 0 Å². The van der Waals surface area contributed by atoms with Crippen molar-refractivity contribution in [1.29, 1.82) is 0 Å². The lowest BCUT2D eigenvalue weighted by Gasteiger charge is -2.35. The van der Waals surface area contributed by atoms with E-state index in [1.165, 1.54) is 19.2 Å². The molecule has 0 radical (unpaired) electrons. The van der Waals surface area contributed by atoms with E-state index in [0.29, 0.717) is 11.4 Å². The SMILES string of the molecule is O=Cc1c(Cl)ncnc1N1CCN(C2CC2)CC1. The zero-order valence-corrected chi connectivity index (χ0v) is 10.8. The van der Waals surface area contributed by atoms with Gasteiger partial charge in [0.25, 0.3) is 0 Å². The molecule has 96 valence electrons. The highest BCUT2D eigenvalue weighted by Gasteiger charge is 2.32. The summed E-state index contributed by atoms with van der Waals surface area (Å²) in [5.41, 5.74) is 0.402. The summed E-state index contributed by atoms with van der Waals surface area (Å²) in [6.45, 7) is 3.85. The molecule has 2 aliphatic rings. The molecule has 5 nitrogen and oxygen atoms in total. The first-order valence-electron chi connectivity index (χ1n) is 6.24. The lowest BCUT2D eigenvalue weighted by Crippen LogP contribution is -2.47. The summed E-state index contributed by atoms with van der Waals surface area (Å²) in [6.07, 6.45) is 4.82. The van der Waals surface area contributed by atoms with E-state index in [4.69, 9.17) is 11.6 Å². The van der Waals surface area contributed by atoms with Crippen LogP contribution in [0.25, 0.3) is 0 Å². The first kappa shape index (κ1) is 11.9. The zero-order chi connectivity index (χ0) is 12.5. The van der Waals surface area contributed by atoms with Crippen LogP contribution in [-0.4, -0.2) is 53.4 Å². The quantitative estimate of drug-likeness (QED) is 0.608. The Kier molecular flexibility index (Phi) is 3.18. The van der Waals surface area contributed by atoms with Gasteiger partial charge in [-0.05, 0) is 12.8 Å². The average molecular weight is 267 g/mol. The summed E-state index contributed by atoms with van der Waals surface area (Å²) >= 11 is 5.92. The van der Waals surface area contributed by atoms with Crippen molar-refractivity contribution in [2.45, 2.75) is 18.9 Å².